The third-order valence-electron chi connectivity index (χ3n) is 2.47. The molecule has 0 amide bonds. The standard InChI is InChI=1S/C13H14ClFN4O/c1-2-20-13-18-11(14)17-12(19-13)16-8-7-9-3-5-10(15)6-4-9/h3-6H,2,7-8H2,1H3,(H,16,17,18,19). The summed E-state index contributed by atoms with van der Waals surface area (Å²) in [7, 11) is 0. The van der Waals surface area contributed by atoms with Gasteiger partial charge in [-0.2, -0.15) is 15.0 Å². The number of hydrogen-bond donors (Lipinski definition) is 1. The van der Waals surface area contributed by atoms with Crippen LogP contribution in [-0.4, -0.2) is 28.1 Å². The SMILES string of the molecule is CCOc1nc(Cl)nc(NCCc2ccc(F)cc2)n1. The Bertz CT molecular complexity index is 565. The van der Waals surface area contributed by atoms with E-state index in [0.29, 0.717) is 25.5 Å². The minimum absolute atomic E-state index is 0.0766. The number of rotatable bonds is 6. The summed E-state index contributed by atoms with van der Waals surface area (Å²) in [5.41, 5.74) is 1.02. The summed E-state index contributed by atoms with van der Waals surface area (Å²) in [4.78, 5) is 11.9. The van der Waals surface area contributed by atoms with Crippen LogP contribution in [0.25, 0.3) is 0 Å². The molecule has 0 unspecified atom stereocenters. The third kappa shape index (κ3) is 4.31. The molecule has 1 N–H and O–H groups in total. The molecule has 0 bridgehead atoms. The topological polar surface area (TPSA) is 59.9 Å². The van der Waals surface area contributed by atoms with E-state index in [4.69, 9.17) is 16.3 Å². The molecule has 0 saturated heterocycles. The van der Waals surface area contributed by atoms with Crippen LogP contribution in [0.2, 0.25) is 5.28 Å². The van der Waals surface area contributed by atoms with Gasteiger partial charge in [0.1, 0.15) is 5.82 Å². The van der Waals surface area contributed by atoms with Gasteiger partial charge in [-0.25, -0.2) is 4.39 Å². The van der Waals surface area contributed by atoms with E-state index >= 15 is 0 Å². The van der Waals surface area contributed by atoms with Crippen molar-refractivity contribution in [1.82, 2.24) is 15.0 Å². The highest BCUT2D eigenvalue weighted by Gasteiger charge is 2.05. The van der Waals surface area contributed by atoms with Crippen LogP contribution >= 0.6 is 11.6 Å². The van der Waals surface area contributed by atoms with E-state index < -0.39 is 0 Å². The van der Waals surface area contributed by atoms with Crippen LogP contribution in [0.4, 0.5) is 10.3 Å². The number of ether oxygens (including phenoxy) is 1. The van der Waals surface area contributed by atoms with Gasteiger partial charge in [-0.1, -0.05) is 12.1 Å². The average molecular weight is 297 g/mol. The third-order valence-corrected chi connectivity index (χ3v) is 2.64. The number of benzene rings is 1. The minimum atomic E-state index is -0.243. The lowest BCUT2D eigenvalue weighted by Gasteiger charge is -2.07. The summed E-state index contributed by atoms with van der Waals surface area (Å²) in [6.07, 6.45) is 0.716. The summed E-state index contributed by atoms with van der Waals surface area (Å²) >= 11 is 5.78. The normalized spacial score (nSPS) is 10.3. The largest absolute Gasteiger partial charge is 0.464 e. The lowest BCUT2D eigenvalue weighted by atomic mass is 10.1. The monoisotopic (exact) mass is 296 g/mol. The van der Waals surface area contributed by atoms with Crippen molar-refractivity contribution in [2.45, 2.75) is 13.3 Å². The predicted molar refractivity (Wildman–Crippen MR) is 74.6 cm³/mol. The number of aromatic nitrogens is 3. The minimum Gasteiger partial charge on any atom is -0.464 e. The maximum Gasteiger partial charge on any atom is 0.322 e. The van der Waals surface area contributed by atoms with Gasteiger partial charge in [0.25, 0.3) is 0 Å². The van der Waals surface area contributed by atoms with Crippen molar-refractivity contribution in [2.24, 2.45) is 0 Å². The van der Waals surface area contributed by atoms with Gasteiger partial charge in [-0.3, -0.25) is 0 Å². The van der Waals surface area contributed by atoms with Gasteiger partial charge in [-0.05, 0) is 42.6 Å². The van der Waals surface area contributed by atoms with Crippen molar-refractivity contribution in [3.8, 4) is 6.01 Å². The zero-order chi connectivity index (χ0) is 14.4. The van der Waals surface area contributed by atoms with Crippen molar-refractivity contribution < 1.29 is 9.13 Å². The Morgan fingerprint density at radius 3 is 2.65 bits per heavy atom. The second-order valence-corrected chi connectivity index (χ2v) is 4.28. The highest BCUT2D eigenvalue weighted by atomic mass is 35.5. The van der Waals surface area contributed by atoms with Crippen molar-refractivity contribution in [2.75, 3.05) is 18.5 Å². The van der Waals surface area contributed by atoms with Gasteiger partial charge in [0.2, 0.25) is 11.2 Å². The Hall–Kier alpha value is -1.95. The number of anilines is 1. The average Bonchev–Trinajstić information content (AvgIpc) is 2.41. The van der Waals surface area contributed by atoms with Crippen LogP contribution in [0, 0.1) is 5.82 Å². The van der Waals surface area contributed by atoms with Gasteiger partial charge in [0.05, 0.1) is 6.61 Å². The van der Waals surface area contributed by atoms with E-state index in [2.05, 4.69) is 20.3 Å². The Morgan fingerprint density at radius 1 is 1.20 bits per heavy atom. The molecular formula is C13H14ClFN4O. The summed E-state index contributed by atoms with van der Waals surface area (Å²) in [6, 6.07) is 6.54. The summed E-state index contributed by atoms with van der Waals surface area (Å²) in [5, 5.41) is 3.10. The molecule has 0 saturated carbocycles. The lowest BCUT2D eigenvalue weighted by molar-refractivity contribution is 0.312. The van der Waals surface area contributed by atoms with Gasteiger partial charge in [-0.15, -0.1) is 0 Å². The quantitative estimate of drug-likeness (QED) is 0.888. The fraction of sp³-hybridized carbons (Fsp3) is 0.308. The zero-order valence-corrected chi connectivity index (χ0v) is 11.7. The smallest absolute Gasteiger partial charge is 0.322 e. The van der Waals surface area contributed by atoms with E-state index in [1.54, 1.807) is 12.1 Å². The Labute approximate surface area is 121 Å². The molecule has 0 aliphatic carbocycles. The fourth-order valence-corrected chi connectivity index (χ4v) is 1.73. The molecule has 0 fully saturated rings. The summed E-state index contributed by atoms with van der Waals surface area (Å²) in [6.45, 7) is 2.88. The molecule has 0 atom stereocenters. The van der Waals surface area contributed by atoms with E-state index in [-0.39, 0.29) is 17.1 Å². The van der Waals surface area contributed by atoms with E-state index in [9.17, 15) is 4.39 Å². The predicted octanol–water partition coefficient (Wildman–Crippen LogP) is 2.72. The molecule has 1 heterocycles. The molecular weight excluding hydrogens is 283 g/mol. The second-order valence-electron chi connectivity index (χ2n) is 3.95. The van der Waals surface area contributed by atoms with Crippen LogP contribution in [0.1, 0.15) is 12.5 Å². The van der Waals surface area contributed by atoms with E-state index in [1.807, 2.05) is 6.92 Å². The van der Waals surface area contributed by atoms with Crippen molar-refractivity contribution in [1.29, 1.82) is 0 Å². The Balaban J connectivity index is 1.91. The van der Waals surface area contributed by atoms with E-state index in [0.717, 1.165) is 5.56 Å². The van der Waals surface area contributed by atoms with Crippen LogP contribution in [0.15, 0.2) is 24.3 Å². The first-order valence-corrected chi connectivity index (χ1v) is 6.58. The molecule has 20 heavy (non-hydrogen) atoms. The highest BCUT2D eigenvalue weighted by Crippen LogP contribution is 2.11. The number of nitrogens with one attached hydrogen (secondary N) is 1. The number of nitrogens with zero attached hydrogens (tertiary/aromatic N) is 3. The molecule has 0 aliphatic rings. The summed E-state index contributed by atoms with van der Waals surface area (Å²) < 4.78 is 17.9. The first-order valence-electron chi connectivity index (χ1n) is 6.20. The Kier molecular flexibility index (Phi) is 5.06. The fourth-order valence-electron chi connectivity index (χ4n) is 1.57. The molecule has 106 valence electrons. The molecule has 1 aromatic heterocycles. The maximum atomic E-state index is 12.8. The highest BCUT2D eigenvalue weighted by molar-refractivity contribution is 6.28. The molecule has 0 aliphatic heterocycles. The molecule has 2 aromatic rings. The molecule has 2 rings (SSSR count). The van der Waals surface area contributed by atoms with Gasteiger partial charge < -0.3 is 10.1 Å². The van der Waals surface area contributed by atoms with Gasteiger partial charge >= 0.3 is 6.01 Å². The van der Waals surface area contributed by atoms with Gasteiger partial charge in [0.15, 0.2) is 0 Å². The van der Waals surface area contributed by atoms with Crippen LogP contribution in [0.5, 0.6) is 6.01 Å². The first-order chi connectivity index (χ1) is 9.67. The van der Waals surface area contributed by atoms with Crippen LogP contribution < -0.4 is 10.1 Å². The molecule has 0 radical (unpaired) electrons. The van der Waals surface area contributed by atoms with Crippen LogP contribution in [-0.2, 0) is 6.42 Å². The summed E-state index contributed by atoms with van der Waals surface area (Å²) in [5.74, 6) is 0.114. The van der Waals surface area contributed by atoms with E-state index in [1.165, 1.54) is 12.1 Å². The number of halogens is 2. The molecule has 0 spiro atoms. The van der Waals surface area contributed by atoms with Crippen molar-refractivity contribution in [3.05, 3.63) is 40.9 Å². The molecule has 5 nitrogen and oxygen atoms in total. The maximum absolute atomic E-state index is 12.8. The number of hydrogen-bond acceptors (Lipinski definition) is 5. The zero-order valence-electron chi connectivity index (χ0n) is 10.9. The van der Waals surface area contributed by atoms with Crippen molar-refractivity contribution >= 4 is 17.5 Å². The Morgan fingerprint density at radius 2 is 1.95 bits per heavy atom. The van der Waals surface area contributed by atoms with Crippen LogP contribution in [0.3, 0.4) is 0 Å². The lowest BCUT2D eigenvalue weighted by Crippen LogP contribution is -2.10. The second kappa shape index (κ2) is 7.00. The molecule has 7 heteroatoms. The molecule has 1 aromatic carbocycles. The first kappa shape index (κ1) is 14.5. The van der Waals surface area contributed by atoms with Crippen molar-refractivity contribution in [3.63, 3.8) is 0 Å². The van der Waals surface area contributed by atoms with Gasteiger partial charge in [0, 0.05) is 6.54 Å².